The Morgan fingerprint density at radius 1 is 1.12 bits per heavy atom. The minimum Gasteiger partial charge on any atom is -0.354 e. The number of unbranched alkanes of at least 4 members (excludes halogenated alkanes) is 1. The SMILES string of the molecule is CCCCNC(=O)[C@H](C)N(Cc1cccc(C)c1)C(=O)CN(C)S(=O)(=O)c1ccc(Cl)cc1. The first-order chi connectivity index (χ1) is 15.6. The summed E-state index contributed by atoms with van der Waals surface area (Å²) in [6, 6.07) is 12.6. The second-order valence-corrected chi connectivity index (χ2v) is 10.5. The molecular formula is C24H32ClN3O4S. The van der Waals surface area contributed by atoms with Gasteiger partial charge in [0.15, 0.2) is 0 Å². The monoisotopic (exact) mass is 493 g/mol. The van der Waals surface area contributed by atoms with Crippen molar-refractivity contribution in [3.63, 3.8) is 0 Å². The minimum atomic E-state index is -3.90. The zero-order valence-corrected chi connectivity index (χ0v) is 21.1. The van der Waals surface area contributed by atoms with Gasteiger partial charge in [-0.2, -0.15) is 4.31 Å². The number of nitrogens with one attached hydrogen (secondary N) is 1. The lowest BCUT2D eigenvalue weighted by atomic mass is 10.1. The van der Waals surface area contributed by atoms with Gasteiger partial charge >= 0.3 is 0 Å². The number of benzene rings is 2. The van der Waals surface area contributed by atoms with Gasteiger partial charge in [0, 0.05) is 25.2 Å². The number of likely N-dealkylation sites (N-methyl/N-ethyl adjacent to an activating group) is 1. The van der Waals surface area contributed by atoms with Gasteiger partial charge in [0.25, 0.3) is 0 Å². The molecule has 0 bridgehead atoms. The highest BCUT2D eigenvalue weighted by molar-refractivity contribution is 7.89. The quantitative estimate of drug-likeness (QED) is 0.484. The van der Waals surface area contributed by atoms with Crippen molar-refractivity contribution in [1.82, 2.24) is 14.5 Å². The smallest absolute Gasteiger partial charge is 0.243 e. The highest BCUT2D eigenvalue weighted by Gasteiger charge is 2.30. The zero-order valence-electron chi connectivity index (χ0n) is 19.5. The first-order valence-electron chi connectivity index (χ1n) is 10.9. The summed E-state index contributed by atoms with van der Waals surface area (Å²) < 4.78 is 26.8. The van der Waals surface area contributed by atoms with E-state index in [0.717, 1.165) is 28.3 Å². The molecule has 0 unspecified atom stereocenters. The molecule has 0 saturated carbocycles. The molecule has 2 aromatic carbocycles. The summed E-state index contributed by atoms with van der Waals surface area (Å²) in [6.07, 6.45) is 1.78. The van der Waals surface area contributed by atoms with E-state index in [2.05, 4.69) is 5.32 Å². The maximum absolute atomic E-state index is 13.3. The third-order valence-corrected chi connectivity index (χ3v) is 7.38. The topological polar surface area (TPSA) is 86.8 Å². The van der Waals surface area contributed by atoms with E-state index in [1.807, 2.05) is 38.1 Å². The molecule has 2 amide bonds. The van der Waals surface area contributed by atoms with Gasteiger partial charge in [-0.25, -0.2) is 8.42 Å². The van der Waals surface area contributed by atoms with Crippen molar-refractivity contribution < 1.29 is 18.0 Å². The van der Waals surface area contributed by atoms with Crippen LogP contribution >= 0.6 is 11.6 Å². The van der Waals surface area contributed by atoms with Crippen molar-refractivity contribution in [2.24, 2.45) is 0 Å². The second kappa shape index (κ2) is 12.2. The normalized spacial score (nSPS) is 12.4. The Labute approximate surface area is 201 Å². The predicted molar refractivity (Wildman–Crippen MR) is 130 cm³/mol. The van der Waals surface area contributed by atoms with Gasteiger partial charge in [-0.3, -0.25) is 9.59 Å². The van der Waals surface area contributed by atoms with E-state index in [1.165, 1.54) is 36.2 Å². The maximum Gasteiger partial charge on any atom is 0.243 e. The van der Waals surface area contributed by atoms with Gasteiger partial charge in [-0.1, -0.05) is 54.8 Å². The van der Waals surface area contributed by atoms with Gasteiger partial charge in [0.05, 0.1) is 11.4 Å². The lowest BCUT2D eigenvalue weighted by molar-refractivity contribution is -0.140. The molecule has 0 aliphatic carbocycles. The fourth-order valence-electron chi connectivity index (χ4n) is 3.28. The van der Waals surface area contributed by atoms with Crippen molar-refractivity contribution in [2.75, 3.05) is 20.1 Å². The molecule has 0 radical (unpaired) electrons. The average Bonchev–Trinajstić information content (AvgIpc) is 2.77. The summed E-state index contributed by atoms with van der Waals surface area (Å²) in [6.45, 7) is 5.95. The number of amides is 2. The Morgan fingerprint density at radius 3 is 2.39 bits per heavy atom. The number of hydrogen-bond acceptors (Lipinski definition) is 4. The number of carbonyl (C=O) groups is 2. The molecule has 1 N–H and O–H groups in total. The molecule has 0 aromatic heterocycles. The van der Waals surface area contributed by atoms with Crippen LogP contribution in [0.15, 0.2) is 53.4 Å². The molecule has 33 heavy (non-hydrogen) atoms. The molecule has 0 fully saturated rings. The fourth-order valence-corrected chi connectivity index (χ4v) is 4.52. The molecule has 7 nitrogen and oxygen atoms in total. The average molecular weight is 494 g/mol. The van der Waals surface area contributed by atoms with E-state index >= 15 is 0 Å². The zero-order chi connectivity index (χ0) is 24.6. The Hall–Kier alpha value is -2.42. The summed E-state index contributed by atoms with van der Waals surface area (Å²) in [5, 5.41) is 3.27. The molecule has 0 aliphatic rings. The number of hydrogen-bond donors (Lipinski definition) is 1. The van der Waals surface area contributed by atoms with Crippen LogP contribution in [0.3, 0.4) is 0 Å². The van der Waals surface area contributed by atoms with Crippen LogP contribution in [-0.4, -0.2) is 55.6 Å². The molecule has 0 heterocycles. The molecule has 9 heteroatoms. The van der Waals surface area contributed by atoms with Gasteiger partial charge in [-0.15, -0.1) is 0 Å². The number of rotatable bonds is 11. The van der Waals surface area contributed by atoms with E-state index in [9.17, 15) is 18.0 Å². The summed E-state index contributed by atoms with van der Waals surface area (Å²) in [5.41, 5.74) is 1.89. The molecule has 1 atom stereocenters. The maximum atomic E-state index is 13.3. The number of nitrogens with zero attached hydrogens (tertiary/aromatic N) is 2. The van der Waals surface area contributed by atoms with Crippen LogP contribution in [0.2, 0.25) is 5.02 Å². The number of aryl methyl sites for hydroxylation is 1. The fraction of sp³-hybridized carbons (Fsp3) is 0.417. The van der Waals surface area contributed by atoms with Crippen LogP contribution in [0.4, 0.5) is 0 Å². The van der Waals surface area contributed by atoms with Crippen LogP contribution in [0.1, 0.15) is 37.8 Å². The lowest BCUT2D eigenvalue weighted by Crippen LogP contribution is -2.50. The van der Waals surface area contributed by atoms with E-state index in [0.29, 0.717) is 11.6 Å². The third-order valence-electron chi connectivity index (χ3n) is 5.31. The summed E-state index contributed by atoms with van der Waals surface area (Å²) in [7, 11) is -2.55. The molecule has 0 spiro atoms. The van der Waals surface area contributed by atoms with Crippen LogP contribution < -0.4 is 5.32 Å². The molecule has 180 valence electrons. The molecule has 2 aromatic rings. The lowest BCUT2D eigenvalue weighted by Gasteiger charge is -2.30. The molecular weight excluding hydrogens is 462 g/mol. The van der Waals surface area contributed by atoms with Crippen LogP contribution in [-0.2, 0) is 26.2 Å². The van der Waals surface area contributed by atoms with Gasteiger partial charge in [0.1, 0.15) is 6.04 Å². The molecule has 0 saturated heterocycles. The van der Waals surface area contributed by atoms with E-state index in [4.69, 9.17) is 11.6 Å². The van der Waals surface area contributed by atoms with E-state index < -0.39 is 28.5 Å². The Balaban J connectivity index is 2.24. The first-order valence-corrected chi connectivity index (χ1v) is 12.7. The summed E-state index contributed by atoms with van der Waals surface area (Å²) in [5.74, 6) is -0.734. The highest BCUT2D eigenvalue weighted by Crippen LogP contribution is 2.18. The van der Waals surface area contributed by atoms with Crippen molar-refractivity contribution in [3.8, 4) is 0 Å². The van der Waals surface area contributed by atoms with Gasteiger partial charge < -0.3 is 10.2 Å². The minimum absolute atomic E-state index is 0.0396. The largest absolute Gasteiger partial charge is 0.354 e. The number of halogens is 1. The van der Waals surface area contributed by atoms with E-state index in [1.54, 1.807) is 6.92 Å². The second-order valence-electron chi connectivity index (χ2n) is 8.05. The Kier molecular flexibility index (Phi) is 9.88. The van der Waals surface area contributed by atoms with Crippen molar-refractivity contribution in [1.29, 1.82) is 0 Å². The van der Waals surface area contributed by atoms with Gasteiger partial charge in [0.2, 0.25) is 21.8 Å². The van der Waals surface area contributed by atoms with Crippen molar-refractivity contribution in [2.45, 2.75) is 51.1 Å². The predicted octanol–water partition coefficient (Wildman–Crippen LogP) is 3.60. The number of sulfonamides is 1. The third kappa shape index (κ3) is 7.55. The summed E-state index contributed by atoms with van der Waals surface area (Å²) >= 11 is 5.86. The van der Waals surface area contributed by atoms with Crippen LogP contribution in [0, 0.1) is 6.92 Å². The van der Waals surface area contributed by atoms with Crippen molar-refractivity contribution in [3.05, 3.63) is 64.7 Å². The van der Waals surface area contributed by atoms with Crippen LogP contribution in [0.25, 0.3) is 0 Å². The molecule has 2 rings (SSSR count). The number of carbonyl (C=O) groups excluding carboxylic acids is 2. The molecule has 0 aliphatic heterocycles. The highest BCUT2D eigenvalue weighted by atomic mass is 35.5. The Bertz CT molecular complexity index is 1060. The summed E-state index contributed by atoms with van der Waals surface area (Å²) in [4.78, 5) is 27.4. The van der Waals surface area contributed by atoms with Gasteiger partial charge in [-0.05, 0) is 50.1 Å². The standard InChI is InChI=1S/C24H32ClN3O4S/c1-5-6-14-26-24(30)19(3)28(16-20-9-7-8-18(2)15-20)23(29)17-27(4)33(31,32)22-12-10-21(25)11-13-22/h7-13,15,19H,5-6,14,16-17H2,1-4H3,(H,26,30)/t19-/m0/s1. The Morgan fingerprint density at radius 2 is 1.79 bits per heavy atom. The first kappa shape index (κ1) is 26.8. The van der Waals surface area contributed by atoms with E-state index in [-0.39, 0.29) is 17.3 Å². The van der Waals surface area contributed by atoms with Crippen molar-refractivity contribution >= 4 is 33.4 Å². The van der Waals surface area contributed by atoms with Crippen LogP contribution in [0.5, 0.6) is 0 Å².